The Bertz CT molecular complexity index is 1390. The first-order valence-corrected chi connectivity index (χ1v) is 12.4. The molecule has 1 fully saturated rings. The minimum absolute atomic E-state index is 0.0614. The van der Waals surface area contributed by atoms with Crippen LogP contribution >= 0.6 is 0 Å². The van der Waals surface area contributed by atoms with Gasteiger partial charge in [0.2, 0.25) is 15.9 Å². The lowest BCUT2D eigenvalue weighted by molar-refractivity contribution is -0.129. The van der Waals surface area contributed by atoms with Crippen molar-refractivity contribution >= 4 is 44.3 Å². The molecule has 1 saturated heterocycles. The van der Waals surface area contributed by atoms with E-state index in [0.29, 0.717) is 18.8 Å². The molecule has 0 radical (unpaired) electrons. The maximum Gasteiger partial charge on any atom is 0.339 e. The monoisotopic (exact) mass is 495 g/mol. The first kappa shape index (κ1) is 24.4. The van der Waals surface area contributed by atoms with E-state index in [9.17, 15) is 22.8 Å². The van der Waals surface area contributed by atoms with Crippen LogP contribution in [-0.4, -0.2) is 68.7 Å². The second-order valence-electron chi connectivity index (χ2n) is 8.13. The van der Waals surface area contributed by atoms with Gasteiger partial charge in [-0.05, 0) is 47.2 Å². The predicted octanol–water partition coefficient (Wildman–Crippen LogP) is 2.73. The van der Waals surface area contributed by atoms with Crippen molar-refractivity contribution in [3.63, 3.8) is 0 Å². The average Bonchev–Trinajstić information content (AvgIpc) is 2.87. The number of esters is 1. The van der Waals surface area contributed by atoms with Crippen LogP contribution in [0.2, 0.25) is 0 Å². The van der Waals surface area contributed by atoms with Crippen molar-refractivity contribution in [3.8, 4) is 0 Å². The molecule has 4 rings (SSSR count). The molecular formula is C25H25N3O6S. The molecule has 1 aliphatic heterocycles. The molecule has 2 amide bonds. The molecule has 1 aliphatic rings. The van der Waals surface area contributed by atoms with Crippen LogP contribution in [0.1, 0.15) is 27.6 Å². The summed E-state index contributed by atoms with van der Waals surface area (Å²) < 4.78 is 32.2. The third-order valence-corrected chi connectivity index (χ3v) is 7.89. The lowest BCUT2D eigenvalue weighted by atomic mass is 10.0. The van der Waals surface area contributed by atoms with Gasteiger partial charge in [0.25, 0.3) is 5.91 Å². The number of benzene rings is 3. The number of amides is 2. The van der Waals surface area contributed by atoms with E-state index in [1.165, 1.54) is 42.6 Å². The summed E-state index contributed by atoms with van der Waals surface area (Å²) >= 11 is 0. The zero-order chi connectivity index (χ0) is 25.2. The SMILES string of the molecule is COC(=O)c1cc2ccccc2cc1NC(=O)c1ccc(S(=O)(=O)N2CCN(C(C)=O)CC2)cc1. The van der Waals surface area contributed by atoms with Crippen LogP contribution in [0.5, 0.6) is 0 Å². The number of hydrogen-bond donors (Lipinski definition) is 1. The first-order chi connectivity index (χ1) is 16.7. The lowest BCUT2D eigenvalue weighted by Crippen LogP contribution is -2.49. The van der Waals surface area contributed by atoms with E-state index < -0.39 is 21.9 Å². The third-order valence-electron chi connectivity index (χ3n) is 5.98. The van der Waals surface area contributed by atoms with Crippen molar-refractivity contribution in [2.75, 3.05) is 38.6 Å². The highest BCUT2D eigenvalue weighted by atomic mass is 32.2. The Hall–Kier alpha value is -3.76. The number of anilines is 1. The van der Waals surface area contributed by atoms with E-state index in [4.69, 9.17) is 4.74 Å². The fraction of sp³-hybridized carbons (Fsp3) is 0.240. The van der Waals surface area contributed by atoms with Crippen molar-refractivity contribution in [1.29, 1.82) is 0 Å². The van der Waals surface area contributed by atoms with Gasteiger partial charge < -0.3 is 15.0 Å². The number of nitrogens with zero attached hydrogens (tertiary/aromatic N) is 2. The van der Waals surface area contributed by atoms with Crippen LogP contribution in [0.3, 0.4) is 0 Å². The lowest BCUT2D eigenvalue weighted by Gasteiger charge is -2.33. The van der Waals surface area contributed by atoms with Gasteiger partial charge in [-0.2, -0.15) is 4.31 Å². The van der Waals surface area contributed by atoms with Gasteiger partial charge in [0.1, 0.15) is 0 Å². The van der Waals surface area contributed by atoms with Crippen LogP contribution in [0.4, 0.5) is 5.69 Å². The molecule has 0 spiro atoms. The highest BCUT2D eigenvalue weighted by Gasteiger charge is 2.29. The van der Waals surface area contributed by atoms with Gasteiger partial charge in [0.05, 0.1) is 23.3 Å². The quantitative estimate of drug-likeness (QED) is 0.545. The molecule has 0 atom stereocenters. The molecule has 1 heterocycles. The van der Waals surface area contributed by atoms with E-state index in [0.717, 1.165) is 10.8 Å². The normalized spacial score (nSPS) is 14.5. The second kappa shape index (κ2) is 9.85. The predicted molar refractivity (Wildman–Crippen MR) is 131 cm³/mol. The van der Waals surface area contributed by atoms with Crippen molar-refractivity contribution in [3.05, 3.63) is 71.8 Å². The Kier molecular flexibility index (Phi) is 6.86. The minimum Gasteiger partial charge on any atom is -0.465 e. The number of fused-ring (bicyclic) bond motifs is 1. The number of carbonyl (C=O) groups excluding carboxylic acids is 3. The fourth-order valence-electron chi connectivity index (χ4n) is 3.99. The van der Waals surface area contributed by atoms with Gasteiger partial charge in [-0.25, -0.2) is 13.2 Å². The van der Waals surface area contributed by atoms with Gasteiger partial charge >= 0.3 is 5.97 Å². The van der Waals surface area contributed by atoms with E-state index >= 15 is 0 Å². The van der Waals surface area contributed by atoms with Crippen molar-refractivity contribution < 1.29 is 27.5 Å². The molecule has 182 valence electrons. The number of carbonyl (C=O) groups is 3. The van der Waals surface area contributed by atoms with E-state index in [2.05, 4.69) is 5.32 Å². The second-order valence-corrected chi connectivity index (χ2v) is 10.1. The molecule has 1 N–H and O–H groups in total. The Morgan fingerprint density at radius 3 is 2.06 bits per heavy atom. The molecule has 0 aromatic heterocycles. The first-order valence-electron chi connectivity index (χ1n) is 11.0. The maximum absolute atomic E-state index is 13.0. The van der Waals surface area contributed by atoms with Crippen LogP contribution < -0.4 is 5.32 Å². The summed E-state index contributed by atoms with van der Waals surface area (Å²) in [6.07, 6.45) is 0. The van der Waals surface area contributed by atoms with E-state index in [1.54, 1.807) is 17.0 Å². The van der Waals surface area contributed by atoms with Gasteiger partial charge in [0, 0.05) is 38.7 Å². The van der Waals surface area contributed by atoms with E-state index in [1.807, 2.05) is 24.3 Å². The highest BCUT2D eigenvalue weighted by molar-refractivity contribution is 7.89. The topological polar surface area (TPSA) is 113 Å². The number of sulfonamides is 1. The number of ether oxygens (including phenoxy) is 1. The zero-order valence-corrected chi connectivity index (χ0v) is 20.2. The molecule has 0 unspecified atom stereocenters. The van der Waals surface area contributed by atoms with Gasteiger partial charge in [-0.1, -0.05) is 24.3 Å². The average molecular weight is 496 g/mol. The maximum atomic E-state index is 13.0. The Balaban J connectivity index is 1.53. The Labute approximate surface area is 203 Å². The summed E-state index contributed by atoms with van der Waals surface area (Å²) in [6.45, 7) is 2.55. The molecule has 9 nitrogen and oxygen atoms in total. The number of nitrogens with one attached hydrogen (secondary N) is 1. The van der Waals surface area contributed by atoms with Gasteiger partial charge in [0.15, 0.2) is 0 Å². The Morgan fingerprint density at radius 1 is 0.886 bits per heavy atom. The summed E-state index contributed by atoms with van der Waals surface area (Å²) in [5.74, 6) is -1.17. The summed E-state index contributed by atoms with van der Waals surface area (Å²) in [6, 6.07) is 16.4. The molecule has 10 heteroatoms. The molecule has 3 aromatic rings. The molecule has 3 aromatic carbocycles. The van der Waals surface area contributed by atoms with Crippen molar-refractivity contribution in [2.45, 2.75) is 11.8 Å². The number of methoxy groups -OCH3 is 1. The van der Waals surface area contributed by atoms with Crippen molar-refractivity contribution in [2.24, 2.45) is 0 Å². The van der Waals surface area contributed by atoms with Gasteiger partial charge in [-0.3, -0.25) is 9.59 Å². The molecule has 0 aliphatic carbocycles. The highest BCUT2D eigenvalue weighted by Crippen LogP contribution is 2.26. The number of piperazine rings is 1. The summed E-state index contributed by atoms with van der Waals surface area (Å²) in [5, 5.41) is 4.39. The largest absolute Gasteiger partial charge is 0.465 e. The van der Waals surface area contributed by atoms with Crippen LogP contribution in [0, 0.1) is 0 Å². The molecular weight excluding hydrogens is 470 g/mol. The number of rotatable bonds is 5. The van der Waals surface area contributed by atoms with Crippen molar-refractivity contribution in [1.82, 2.24) is 9.21 Å². The molecule has 0 saturated carbocycles. The molecule has 35 heavy (non-hydrogen) atoms. The third kappa shape index (κ3) is 5.03. The fourth-order valence-corrected chi connectivity index (χ4v) is 5.41. The van der Waals surface area contributed by atoms with Crippen LogP contribution in [-0.2, 0) is 19.6 Å². The summed E-state index contributed by atoms with van der Waals surface area (Å²) in [5.41, 5.74) is 0.735. The minimum atomic E-state index is -3.76. The van der Waals surface area contributed by atoms with E-state index in [-0.39, 0.29) is 35.0 Å². The van der Waals surface area contributed by atoms with Crippen LogP contribution in [0.25, 0.3) is 10.8 Å². The standard InChI is InChI=1S/C25H25N3O6S/c1-17(29)27-11-13-28(14-12-27)35(32,33)21-9-7-18(8-10-21)24(30)26-23-16-20-6-4-3-5-19(20)15-22(23)25(31)34-2/h3-10,15-16H,11-14H2,1-2H3,(H,26,30). The molecule has 0 bridgehead atoms. The summed E-state index contributed by atoms with van der Waals surface area (Å²) in [4.78, 5) is 38.4. The number of hydrogen-bond acceptors (Lipinski definition) is 6. The Morgan fingerprint density at radius 2 is 1.49 bits per heavy atom. The van der Waals surface area contributed by atoms with Gasteiger partial charge in [-0.15, -0.1) is 0 Å². The smallest absolute Gasteiger partial charge is 0.339 e. The summed E-state index contributed by atoms with van der Waals surface area (Å²) in [7, 11) is -2.49. The van der Waals surface area contributed by atoms with Crippen LogP contribution in [0.15, 0.2) is 65.6 Å². The zero-order valence-electron chi connectivity index (χ0n) is 19.4.